The SMILES string of the molecule is CCn1cc(C(=O)NCc2ccc(C)c(Cl)c2)c2cc(OC)c(OC)cc2c1=O. The lowest BCUT2D eigenvalue weighted by molar-refractivity contribution is 0.0952. The number of hydrogen-bond acceptors (Lipinski definition) is 4. The van der Waals surface area contributed by atoms with E-state index in [0.717, 1.165) is 11.1 Å². The van der Waals surface area contributed by atoms with Crippen LogP contribution in [-0.2, 0) is 13.1 Å². The van der Waals surface area contributed by atoms with Crippen LogP contribution in [0, 0.1) is 6.92 Å². The van der Waals surface area contributed by atoms with Gasteiger partial charge >= 0.3 is 0 Å². The normalized spacial score (nSPS) is 10.8. The van der Waals surface area contributed by atoms with Crippen LogP contribution in [0.3, 0.4) is 0 Å². The lowest BCUT2D eigenvalue weighted by Gasteiger charge is -2.14. The van der Waals surface area contributed by atoms with Crippen LogP contribution in [0.5, 0.6) is 11.5 Å². The van der Waals surface area contributed by atoms with E-state index < -0.39 is 0 Å². The van der Waals surface area contributed by atoms with E-state index in [4.69, 9.17) is 21.1 Å². The van der Waals surface area contributed by atoms with E-state index in [1.165, 1.54) is 18.8 Å². The summed E-state index contributed by atoms with van der Waals surface area (Å²) in [6.45, 7) is 4.53. The first kappa shape index (κ1) is 20.7. The van der Waals surface area contributed by atoms with E-state index in [1.807, 2.05) is 32.0 Å². The van der Waals surface area contributed by atoms with E-state index in [2.05, 4.69) is 5.32 Å². The van der Waals surface area contributed by atoms with Crippen LogP contribution in [-0.4, -0.2) is 24.7 Å². The number of carbonyl (C=O) groups excluding carboxylic acids is 1. The van der Waals surface area contributed by atoms with Gasteiger partial charge in [0.2, 0.25) is 0 Å². The lowest BCUT2D eigenvalue weighted by Crippen LogP contribution is -2.27. The molecule has 3 aromatic rings. The van der Waals surface area contributed by atoms with Crippen LogP contribution < -0.4 is 20.3 Å². The van der Waals surface area contributed by atoms with Gasteiger partial charge in [0.1, 0.15) is 0 Å². The summed E-state index contributed by atoms with van der Waals surface area (Å²) in [5.74, 6) is 0.598. The van der Waals surface area contributed by atoms with Crippen molar-refractivity contribution in [2.75, 3.05) is 14.2 Å². The molecule has 0 atom stereocenters. The van der Waals surface area contributed by atoms with Crippen molar-refractivity contribution in [1.29, 1.82) is 0 Å². The van der Waals surface area contributed by atoms with Gasteiger partial charge in [0, 0.05) is 29.7 Å². The van der Waals surface area contributed by atoms with Gasteiger partial charge in [-0.15, -0.1) is 0 Å². The molecule has 0 radical (unpaired) electrons. The van der Waals surface area contributed by atoms with Crippen LogP contribution in [0.4, 0.5) is 0 Å². The number of hydrogen-bond donors (Lipinski definition) is 1. The number of rotatable bonds is 6. The van der Waals surface area contributed by atoms with Gasteiger partial charge in [-0.2, -0.15) is 0 Å². The molecule has 0 aliphatic rings. The number of ether oxygens (including phenoxy) is 2. The van der Waals surface area contributed by atoms with E-state index in [0.29, 0.717) is 45.9 Å². The Balaban J connectivity index is 2.04. The molecule has 0 saturated heterocycles. The van der Waals surface area contributed by atoms with Crippen molar-refractivity contribution in [2.45, 2.75) is 26.9 Å². The van der Waals surface area contributed by atoms with Crippen molar-refractivity contribution in [3.8, 4) is 11.5 Å². The minimum absolute atomic E-state index is 0.190. The smallest absolute Gasteiger partial charge is 0.258 e. The van der Waals surface area contributed by atoms with Gasteiger partial charge in [-0.25, -0.2) is 0 Å². The number of aromatic nitrogens is 1. The summed E-state index contributed by atoms with van der Waals surface area (Å²) in [7, 11) is 3.02. The number of amides is 1. The molecule has 0 bridgehead atoms. The molecular weight excluding hydrogens is 392 g/mol. The third-order valence-electron chi connectivity index (χ3n) is 4.86. The fourth-order valence-electron chi connectivity index (χ4n) is 3.16. The van der Waals surface area contributed by atoms with Crippen LogP contribution in [0.1, 0.15) is 28.4 Å². The molecule has 0 fully saturated rings. The Kier molecular flexibility index (Phi) is 6.13. The monoisotopic (exact) mass is 414 g/mol. The molecule has 0 unspecified atom stereocenters. The third kappa shape index (κ3) is 4.07. The van der Waals surface area contributed by atoms with Gasteiger partial charge in [-0.05, 0) is 43.2 Å². The Morgan fingerprint density at radius 1 is 1.10 bits per heavy atom. The molecule has 1 amide bonds. The molecule has 152 valence electrons. The second-order valence-corrected chi connectivity index (χ2v) is 7.06. The molecule has 1 N–H and O–H groups in total. The molecule has 0 aliphatic carbocycles. The lowest BCUT2D eigenvalue weighted by atomic mass is 10.1. The highest BCUT2D eigenvalue weighted by Crippen LogP contribution is 2.32. The molecular formula is C22H23ClN2O4. The summed E-state index contributed by atoms with van der Waals surface area (Å²) >= 11 is 6.17. The Morgan fingerprint density at radius 3 is 2.34 bits per heavy atom. The Morgan fingerprint density at radius 2 is 1.76 bits per heavy atom. The average molecular weight is 415 g/mol. The number of benzene rings is 2. The van der Waals surface area contributed by atoms with Gasteiger partial charge in [-0.3, -0.25) is 9.59 Å². The van der Waals surface area contributed by atoms with Crippen LogP contribution in [0.25, 0.3) is 10.8 Å². The second-order valence-electron chi connectivity index (χ2n) is 6.65. The van der Waals surface area contributed by atoms with Gasteiger partial charge in [0.15, 0.2) is 11.5 Å². The van der Waals surface area contributed by atoms with Gasteiger partial charge in [0.25, 0.3) is 11.5 Å². The van der Waals surface area contributed by atoms with E-state index in [9.17, 15) is 9.59 Å². The van der Waals surface area contributed by atoms with Crippen molar-refractivity contribution >= 4 is 28.3 Å². The summed E-state index contributed by atoms with van der Waals surface area (Å²) < 4.78 is 12.2. The maximum Gasteiger partial charge on any atom is 0.258 e. The fourth-order valence-corrected chi connectivity index (χ4v) is 3.36. The molecule has 1 aromatic heterocycles. The molecule has 7 heteroatoms. The Labute approximate surface area is 174 Å². The average Bonchev–Trinajstić information content (AvgIpc) is 2.73. The number of aryl methyl sites for hydroxylation is 2. The standard InChI is InChI=1S/C22H23ClN2O4/c1-5-25-12-17(21(26)24-11-14-7-6-13(2)18(23)8-14)15-9-19(28-3)20(29-4)10-16(15)22(25)27/h6-10,12H,5,11H2,1-4H3,(H,24,26). The fraction of sp³-hybridized carbons (Fsp3) is 0.273. The molecule has 29 heavy (non-hydrogen) atoms. The number of nitrogens with one attached hydrogen (secondary N) is 1. The number of nitrogens with zero attached hydrogens (tertiary/aromatic N) is 1. The number of halogens is 1. The summed E-state index contributed by atoms with van der Waals surface area (Å²) in [5, 5.41) is 4.47. The highest BCUT2D eigenvalue weighted by Gasteiger charge is 2.18. The summed E-state index contributed by atoms with van der Waals surface area (Å²) in [6.07, 6.45) is 1.58. The van der Waals surface area contributed by atoms with Gasteiger partial charge in [0.05, 0.1) is 25.2 Å². The van der Waals surface area contributed by atoms with E-state index >= 15 is 0 Å². The van der Waals surface area contributed by atoms with Crippen molar-refractivity contribution < 1.29 is 14.3 Å². The van der Waals surface area contributed by atoms with Gasteiger partial charge < -0.3 is 19.4 Å². The molecule has 3 rings (SSSR count). The predicted octanol–water partition coefficient (Wildman–Crippen LogP) is 3.93. The first-order valence-corrected chi connectivity index (χ1v) is 9.59. The molecule has 2 aromatic carbocycles. The quantitative estimate of drug-likeness (QED) is 0.663. The van der Waals surface area contributed by atoms with E-state index in [-0.39, 0.29) is 11.5 Å². The Bertz CT molecular complexity index is 1140. The van der Waals surface area contributed by atoms with Crippen molar-refractivity contribution in [1.82, 2.24) is 9.88 Å². The summed E-state index contributed by atoms with van der Waals surface area (Å²) in [6, 6.07) is 8.93. The second kappa shape index (κ2) is 8.57. The predicted molar refractivity (Wildman–Crippen MR) is 114 cm³/mol. The topological polar surface area (TPSA) is 69.6 Å². The molecule has 1 heterocycles. The zero-order chi connectivity index (χ0) is 21.1. The minimum Gasteiger partial charge on any atom is -0.493 e. The molecule has 6 nitrogen and oxygen atoms in total. The molecule has 0 spiro atoms. The largest absolute Gasteiger partial charge is 0.493 e. The number of carbonyl (C=O) groups is 1. The third-order valence-corrected chi connectivity index (χ3v) is 5.27. The minimum atomic E-state index is -0.291. The number of pyridine rings is 1. The zero-order valence-electron chi connectivity index (χ0n) is 16.8. The highest BCUT2D eigenvalue weighted by atomic mass is 35.5. The maximum atomic E-state index is 13.0. The Hall–Kier alpha value is -2.99. The zero-order valence-corrected chi connectivity index (χ0v) is 17.6. The molecule has 0 aliphatic heterocycles. The first-order chi connectivity index (χ1) is 13.9. The van der Waals surface area contributed by atoms with Crippen LogP contribution in [0.2, 0.25) is 5.02 Å². The molecule has 0 saturated carbocycles. The highest BCUT2D eigenvalue weighted by molar-refractivity contribution is 6.31. The van der Waals surface area contributed by atoms with Crippen LogP contribution in [0.15, 0.2) is 41.3 Å². The summed E-state index contributed by atoms with van der Waals surface area (Å²) in [4.78, 5) is 25.8. The van der Waals surface area contributed by atoms with Crippen LogP contribution >= 0.6 is 11.6 Å². The summed E-state index contributed by atoms with van der Waals surface area (Å²) in [5.41, 5.74) is 2.07. The van der Waals surface area contributed by atoms with Crippen molar-refractivity contribution in [2.24, 2.45) is 0 Å². The first-order valence-electron chi connectivity index (χ1n) is 9.22. The maximum absolute atomic E-state index is 13.0. The number of fused-ring (bicyclic) bond motifs is 1. The van der Waals surface area contributed by atoms with Crippen molar-refractivity contribution in [3.63, 3.8) is 0 Å². The van der Waals surface area contributed by atoms with Crippen molar-refractivity contribution in [3.05, 3.63) is 68.6 Å². The number of methoxy groups -OCH3 is 2. The van der Waals surface area contributed by atoms with Gasteiger partial charge in [-0.1, -0.05) is 23.7 Å². The van der Waals surface area contributed by atoms with E-state index in [1.54, 1.807) is 18.3 Å².